The largest absolute Gasteiger partial charge is 0.444 e. The van der Waals surface area contributed by atoms with Gasteiger partial charge in [-0.3, -0.25) is 10.1 Å². The number of nitro benzene ring substituents is 1. The maximum absolute atomic E-state index is 12.4. The summed E-state index contributed by atoms with van der Waals surface area (Å²) in [6.07, 6.45) is 2.76. The van der Waals surface area contributed by atoms with Gasteiger partial charge in [0.05, 0.1) is 4.92 Å². The molecule has 0 aromatic heterocycles. The summed E-state index contributed by atoms with van der Waals surface area (Å²) in [4.78, 5) is 36.0. The van der Waals surface area contributed by atoms with Crippen LogP contribution in [0, 0.1) is 10.1 Å². The van der Waals surface area contributed by atoms with E-state index in [1.807, 2.05) is 0 Å². The van der Waals surface area contributed by atoms with Crippen molar-refractivity contribution >= 4 is 30.5 Å². The van der Waals surface area contributed by atoms with E-state index in [9.17, 15) is 19.7 Å². The topological polar surface area (TPSA) is 111 Å². The van der Waals surface area contributed by atoms with Crippen LogP contribution in [0.3, 0.4) is 0 Å². The van der Waals surface area contributed by atoms with E-state index in [1.165, 1.54) is 24.3 Å². The number of unbranched alkanes of at least 4 members (excludes halogenated alkanes) is 3. The molecule has 9 nitrogen and oxygen atoms in total. The van der Waals surface area contributed by atoms with Crippen molar-refractivity contribution in [3.8, 4) is 5.75 Å². The van der Waals surface area contributed by atoms with Gasteiger partial charge < -0.3 is 19.7 Å². The van der Waals surface area contributed by atoms with Gasteiger partial charge in [0.15, 0.2) is 0 Å². The molecule has 1 N–H and O–H groups in total. The van der Waals surface area contributed by atoms with Crippen molar-refractivity contribution in [2.45, 2.75) is 52.1 Å². The van der Waals surface area contributed by atoms with E-state index in [0.717, 1.165) is 31.4 Å². The first-order valence-corrected chi connectivity index (χ1v) is 10.5. The highest BCUT2D eigenvalue weighted by atomic mass is 32.1. The number of rotatable bonds is 11. The number of nitro groups is 1. The molecule has 1 rings (SSSR count). The predicted molar refractivity (Wildman–Crippen MR) is 117 cm³/mol. The molecule has 1 aromatic rings. The summed E-state index contributed by atoms with van der Waals surface area (Å²) in [6, 6.07) is 5.19. The summed E-state index contributed by atoms with van der Waals surface area (Å²) in [7, 11) is 0. The van der Waals surface area contributed by atoms with Gasteiger partial charge >= 0.3 is 12.2 Å². The molecule has 30 heavy (non-hydrogen) atoms. The van der Waals surface area contributed by atoms with Crippen molar-refractivity contribution in [1.82, 2.24) is 10.2 Å². The lowest BCUT2D eigenvalue weighted by Crippen LogP contribution is -2.42. The van der Waals surface area contributed by atoms with Gasteiger partial charge in [-0.25, -0.2) is 9.59 Å². The number of amides is 2. The normalized spacial score (nSPS) is 10.9. The monoisotopic (exact) mass is 441 g/mol. The lowest BCUT2D eigenvalue weighted by atomic mass is 10.2. The number of carbonyl (C=O) groups excluding carboxylic acids is 2. The Bertz CT molecular complexity index is 691. The third kappa shape index (κ3) is 10.9. The highest BCUT2D eigenvalue weighted by Crippen LogP contribution is 2.17. The number of carbonyl (C=O) groups is 2. The van der Waals surface area contributed by atoms with E-state index in [-0.39, 0.29) is 24.5 Å². The fourth-order valence-corrected chi connectivity index (χ4v) is 2.68. The van der Waals surface area contributed by atoms with Gasteiger partial charge in [0.1, 0.15) is 11.4 Å². The summed E-state index contributed by atoms with van der Waals surface area (Å²) < 4.78 is 10.5. The molecule has 1 aromatic carbocycles. The van der Waals surface area contributed by atoms with E-state index < -0.39 is 22.7 Å². The predicted octanol–water partition coefficient (Wildman–Crippen LogP) is 4.41. The number of nitrogens with one attached hydrogen (secondary N) is 1. The summed E-state index contributed by atoms with van der Waals surface area (Å²) in [5.41, 5.74) is -0.700. The minimum atomic E-state index is -0.707. The van der Waals surface area contributed by atoms with Crippen LogP contribution < -0.4 is 10.1 Å². The number of ether oxygens (including phenoxy) is 2. The van der Waals surface area contributed by atoms with Gasteiger partial charge in [-0.15, -0.1) is 0 Å². The van der Waals surface area contributed by atoms with Crippen molar-refractivity contribution in [1.29, 1.82) is 0 Å². The maximum Gasteiger partial charge on any atom is 0.412 e. The number of benzene rings is 1. The highest BCUT2D eigenvalue weighted by Gasteiger charge is 2.22. The lowest BCUT2D eigenvalue weighted by molar-refractivity contribution is -0.384. The molecule has 168 valence electrons. The Hall–Kier alpha value is -2.49. The van der Waals surface area contributed by atoms with E-state index >= 15 is 0 Å². The lowest BCUT2D eigenvalue weighted by Gasteiger charge is -2.27. The minimum absolute atomic E-state index is 0.0925. The molecule has 0 radical (unpaired) electrons. The van der Waals surface area contributed by atoms with Crippen LogP contribution >= 0.6 is 12.6 Å². The Kier molecular flexibility index (Phi) is 11.0. The summed E-state index contributed by atoms with van der Waals surface area (Å²) in [5, 5.41) is 13.2. The molecule has 0 heterocycles. The Morgan fingerprint density at radius 3 is 2.30 bits per heavy atom. The Morgan fingerprint density at radius 2 is 1.73 bits per heavy atom. The van der Waals surface area contributed by atoms with Crippen molar-refractivity contribution in [2.24, 2.45) is 0 Å². The molecule has 0 saturated heterocycles. The van der Waals surface area contributed by atoms with E-state index in [1.54, 1.807) is 25.7 Å². The molecule has 0 spiro atoms. The van der Waals surface area contributed by atoms with Gasteiger partial charge in [-0.05, 0) is 51.5 Å². The van der Waals surface area contributed by atoms with E-state index in [0.29, 0.717) is 6.54 Å². The number of non-ortho nitro benzene ring substituents is 1. The average Bonchev–Trinajstić information content (AvgIpc) is 2.65. The standard InChI is InChI=1S/C20H31N3O6S/c1-20(2,3)29-19(25)22(13-6-4-5-7-15-30)14-12-21-18(24)28-17-10-8-16(9-11-17)23(26)27/h8-11,30H,4-7,12-15H2,1-3H3,(H,21,24). The van der Waals surface area contributed by atoms with Gasteiger partial charge in [-0.2, -0.15) is 12.6 Å². The van der Waals surface area contributed by atoms with Crippen molar-refractivity contribution < 1.29 is 24.0 Å². The second kappa shape index (κ2) is 12.9. The van der Waals surface area contributed by atoms with Crippen LogP contribution in [0.25, 0.3) is 0 Å². The fourth-order valence-electron chi connectivity index (χ4n) is 2.46. The highest BCUT2D eigenvalue weighted by molar-refractivity contribution is 7.80. The molecule has 0 aliphatic rings. The fraction of sp³-hybridized carbons (Fsp3) is 0.600. The first-order valence-electron chi connectivity index (χ1n) is 9.91. The first kappa shape index (κ1) is 25.5. The Morgan fingerprint density at radius 1 is 1.10 bits per heavy atom. The Labute approximate surface area is 182 Å². The van der Waals surface area contributed by atoms with Gasteiger partial charge in [0, 0.05) is 31.8 Å². The SMILES string of the molecule is CC(C)(C)OC(=O)N(CCCCCCS)CCNC(=O)Oc1ccc([N+](=O)[O-])cc1. The third-order valence-corrected chi connectivity index (χ3v) is 4.21. The minimum Gasteiger partial charge on any atom is -0.444 e. The van der Waals surface area contributed by atoms with Gasteiger partial charge in [0.2, 0.25) is 0 Å². The zero-order valence-electron chi connectivity index (χ0n) is 17.8. The summed E-state index contributed by atoms with van der Waals surface area (Å²) in [5.74, 6) is 1.03. The van der Waals surface area contributed by atoms with Crippen molar-refractivity contribution in [3.05, 3.63) is 34.4 Å². The number of nitrogens with zero attached hydrogens (tertiary/aromatic N) is 2. The smallest absolute Gasteiger partial charge is 0.412 e. The molecule has 0 atom stereocenters. The van der Waals surface area contributed by atoms with Crippen LogP contribution in [0.1, 0.15) is 46.5 Å². The summed E-state index contributed by atoms with van der Waals surface area (Å²) >= 11 is 4.19. The number of thiol groups is 1. The molecule has 2 amide bonds. The molecular formula is C20H31N3O6S. The quantitative estimate of drug-likeness (QED) is 0.228. The van der Waals surface area contributed by atoms with Gasteiger partial charge in [-0.1, -0.05) is 12.8 Å². The molecular weight excluding hydrogens is 410 g/mol. The first-order chi connectivity index (χ1) is 14.1. The van der Waals surface area contributed by atoms with E-state index in [4.69, 9.17) is 9.47 Å². The molecule has 0 unspecified atom stereocenters. The zero-order valence-corrected chi connectivity index (χ0v) is 18.7. The average molecular weight is 442 g/mol. The zero-order chi connectivity index (χ0) is 22.6. The number of hydrogen-bond acceptors (Lipinski definition) is 7. The second-order valence-electron chi connectivity index (χ2n) is 7.67. The molecule has 0 bridgehead atoms. The third-order valence-electron chi connectivity index (χ3n) is 3.90. The van der Waals surface area contributed by atoms with Crippen LogP contribution in [0.2, 0.25) is 0 Å². The molecule has 0 saturated carbocycles. The molecule has 10 heteroatoms. The second-order valence-corrected chi connectivity index (χ2v) is 8.12. The van der Waals surface area contributed by atoms with Crippen LogP contribution in [0.4, 0.5) is 15.3 Å². The molecule has 0 aliphatic carbocycles. The maximum atomic E-state index is 12.4. The Balaban J connectivity index is 2.50. The molecule has 0 aliphatic heterocycles. The van der Waals surface area contributed by atoms with Gasteiger partial charge in [0.25, 0.3) is 5.69 Å². The van der Waals surface area contributed by atoms with Crippen LogP contribution in [0.5, 0.6) is 5.75 Å². The number of hydrogen-bond donors (Lipinski definition) is 2. The van der Waals surface area contributed by atoms with Crippen molar-refractivity contribution in [3.63, 3.8) is 0 Å². The van der Waals surface area contributed by atoms with Crippen LogP contribution in [0.15, 0.2) is 24.3 Å². The van der Waals surface area contributed by atoms with Crippen molar-refractivity contribution in [2.75, 3.05) is 25.4 Å². The molecule has 0 fully saturated rings. The van der Waals surface area contributed by atoms with Crippen LogP contribution in [-0.4, -0.2) is 53.0 Å². The van der Waals surface area contributed by atoms with E-state index in [2.05, 4.69) is 17.9 Å². The summed E-state index contributed by atoms with van der Waals surface area (Å²) in [6.45, 7) is 6.39. The van der Waals surface area contributed by atoms with Crippen LogP contribution in [-0.2, 0) is 4.74 Å².